The number of hydrogen-bond acceptors (Lipinski definition) is 9. The highest BCUT2D eigenvalue weighted by molar-refractivity contribution is 7.16. The van der Waals surface area contributed by atoms with Crippen LogP contribution in [0.4, 0.5) is 5.00 Å². The molecule has 4 N–H and O–H groups in total. The van der Waals surface area contributed by atoms with E-state index in [0.29, 0.717) is 18.8 Å². The molecule has 0 saturated carbocycles. The molecule has 2 atom stereocenters. The fraction of sp³-hybridized carbons (Fsp3) is 0.400. The summed E-state index contributed by atoms with van der Waals surface area (Å²) in [6, 6.07) is 13.9. The van der Waals surface area contributed by atoms with Crippen molar-refractivity contribution < 1.29 is 19.4 Å². The van der Waals surface area contributed by atoms with Crippen molar-refractivity contribution in [2.75, 3.05) is 32.6 Å². The first-order valence-corrected chi connectivity index (χ1v) is 13.6. The topological polar surface area (TPSA) is 138 Å². The van der Waals surface area contributed by atoms with Crippen molar-refractivity contribution in [1.82, 2.24) is 4.98 Å². The lowest BCUT2D eigenvalue weighted by atomic mass is 9.87. The fourth-order valence-corrected chi connectivity index (χ4v) is 5.32. The number of benzene rings is 1. The number of pyridine rings is 1. The Kier molecular flexibility index (Phi) is 16.7. The Balaban J connectivity index is 0.000000291. The van der Waals surface area contributed by atoms with Gasteiger partial charge in [-0.05, 0) is 79.0 Å². The Morgan fingerprint density at radius 2 is 2.13 bits per heavy atom. The van der Waals surface area contributed by atoms with Crippen LogP contribution in [0, 0.1) is 17.2 Å². The van der Waals surface area contributed by atoms with E-state index in [1.54, 1.807) is 30.8 Å². The van der Waals surface area contributed by atoms with Gasteiger partial charge in [0.05, 0.1) is 12.7 Å². The standard InChI is InChI=1S/C11H15N3S.C11H14O2.C7H9NO.CH2O/c1-14-11-9(6-13)8-3-2-7(5-12)4-10(8)15-11;1-9(6-7-12)10-4-3-5-11(8-10)13-2;9-5-3-7-2-1-4-8-6-7;1-2/h7,14H,2-5,12H2,1H3;3-5,7-9H,6H2,1-2H3;1-2,4,6,9H,3,5H2;1H2. The highest BCUT2D eigenvalue weighted by Crippen LogP contribution is 2.38. The van der Waals surface area contributed by atoms with Gasteiger partial charge >= 0.3 is 0 Å². The summed E-state index contributed by atoms with van der Waals surface area (Å²) in [4.78, 5) is 23.6. The van der Waals surface area contributed by atoms with Gasteiger partial charge in [-0.15, -0.1) is 11.3 Å². The van der Waals surface area contributed by atoms with Crippen LogP contribution >= 0.6 is 11.3 Å². The molecular weight excluding hydrogens is 512 g/mol. The number of aldehydes is 1. The summed E-state index contributed by atoms with van der Waals surface area (Å²) in [6.45, 7) is 4.99. The van der Waals surface area contributed by atoms with Gasteiger partial charge in [0, 0.05) is 37.3 Å². The summed E-state index contributed by atoms with van der Waals surface area (Å²) in [6.07, 6.45) is 8.88. The smallest absolute Gasteiger partial charge is 0.120 e. The lowest BCUT2D eigenvalue weighted by Gasteiger charge is -2.20. The SMILES string of the molecule is C=O.CNc1sc2c(c1C#N)CCC(CN)C2.COc1cccc(C(C)CC=O)c1.OCCc1cccnc1. The maximum Gasteiger partial charge on any atom is 0.120 e. The molecule has 39 heavy (non-hydrogen) atoms. The summed E-state index contributed by atoms with van der Waals surface area (Å²) in [5, 5.41) is 21.7. The third-order valence-electron chi connectivity index (χ3n) is 6.28. The van der Waals surface area contributed by atoms with E-state index >= 15 is 0 Å². The number of thiophene rings is 1. The van der Waals surface area contributed by atoms with E-state index in [1.807, 2.05) is 57.2 Å². The zero-order valence-electron chi connectivity index (χ0n) is 23.1. The summed E-state index contributed by atoms with van der Waals surface area (Å²) >= 11 is 1.72. The molecule has 0 bridgehead atoms. The number of rotatable bonds is 8. The Labute approximate surface area is 235 Å². The molecule has 0 radical (unpaired) electrons. The summed E-state index contributed by atoms with van der Waals surface area (Å²) in [5.74, 6) is 1.72. The second kappa shape index (κ2) is 19.5. The molecule has 210 valence electrons. The van der Waals surface area contributed by atoms with Crippen LogP contribution in [0.3, 0.4) is 0 Å². The molecule has 0 fully saturated rings. The maximum absolute atomic E-state index is 10.3. The zero-order chi connectivity index (χ0) is 29.0. The average molecular weight is 553 g/mol. The average Bonchev–Trinajstić information content (AvgIpc) is 3.36. The van der Waals surface area contributed by atoms with E-state index in [1.165, 1.54) is 10.4 Å². The van der Waals surface area contributed by atoms with Crippen LogP contribution in [0.2, 0.25) is 0 Å². The first-order chi connectivity index (χ1) is 19.0. The predicted octanol–water partition coefficient (Wildman–Crippen LogP) is 4.54. The van der Waals surface area contributed by atoms with Gasteiger partial charge < -0.3 is 30.5 Å². The maximum atomic E-state index is 10.3. The third-order valence-corrected chi connectivity index (χ3v) is 7.55. The van der Waals surface area contributed by atoms with Gasteiger partial charge in [-0.1, -0.05) is 25.1 Å². The van der Waals surface area contributed by atoms with E-state index < -0.39 is 0 Å². The Hall–Kier alpha value is -3.58. The Morgan fingerprint density at radius 1 is 1.36 bits per heavy atom. The highest BCUT2D eigenvalue weighted by atomic mass is 32.1. The minimum Gasteiger partial charge on any atom is -0.497 e. The number of ether oxygens (including phenoxy) is 1. The predicted molar refractivity (Wildman–Crippen MR) is 157 cm³/mol. The van der Waals surface area contributed by atoms with Gasteiger partial charge in [0.2, 0.25) is 0 Å². The molecule has 0 aliphatic heterocycles. The Morgan fingerprint density at radius 3 is 2.69 bits per heavy atom. The van der Waals surface area contributed by atoms with Crippen LogP contribution in [0.1, 0.15) is 52.8 Å². The molecule has 9 heteroatoms. The molecule has 1 aliphatic rings. The van der Waals surface area contributed by atoms with Crippen LogP contribution in [-0.4, -0.2) is 50.5 Å². The lowest BCUT2D eigenvalue weighted by molar-refractivity contribution is -0.108. The number of fused-ring (bicyclic) bond motifs is 1. The largest absolute Gasteiger partial charge is 0.497 e. The fourth-order valence-electron chi connectivity index (χ4n) is 4.05. The molecule has 4 rings (SSSR count). The number of nitriles is 1. The van der Waals surface area contributed by atoms with Crippen molar-refractivity contribution in [3.05, 3.63) is 75.9 Å². The molecule has 8 nitrogen and oxygen atoms in total. The van der Waals surface area contributed by atoms with Gasteiger partial charge in [-0.2, -0.15) is 5.26 Å². The van der Waals surface area contributed by atoms with Gasteiger partial charge in [0.25, 0.3) is 0 Å². The summed E-state index contributed by atoms with van der Waals surface area (Å²) in [5.41, 5.74) is 10.0. The highest BCUT2D eigenvalue weighted by Gasteiger charge is 2.24. The number of methoxy groups -OCH3 is 1. The molecule has 2 heterocycles. The van der Waals surface area contributed by atoms with Crippen LogP contribution in [-0.2, 0) is 28.9 Å². The number of anilines is 1. The number of carbonyl (C=O) groups is 2. The quantitative estimate of drug-likeness (QED) is 0.346. The summed E-state index contributed by atoms with van der Waals surface area (Å²) in [7, 11) is 3.52. The molecule has 0 amide bonds. The van der Waals surface area contributed by atoms with Crippen molar-refractivity contribution in [3.8, 4) is 11.8 Å². The monoisotopic (exact) mass is 552 g/mol. The molecule has 2 aromatic heterocycles. The normalized spacial score (nSPS) is 13.8. The van der Waals surface area contributed by atoms with Crippen LogP contribution in [0.5, 0.6) is 5.75 Å². The first-order valence-electron chi connectivity index (χ1n) is 12.8. The van der Waals surface area contributed by atoms with Crippen molar-refractivity contribution >= 4 is 29.4 Å². The molecule has 1 aliphatic carbocycles. The molecule has 3 aromatic rings. The molecule has 0 spiro atoms. The van der Waals surface area contributed by atoms with Crippen molar-refractivity contribution in [2.45, 2.75) is 44.9 Å². The number of aliphatic hydroxyl groups excluding tert-OH is 1. The van der Waals surface area contributed by atoms with Gasteiger partial charge in [-0.25, -0.2) is 0 Å². The zero-order valence-corrected chi connectivity index (χ0v) is 23.9. The van der Waals surface area contributed by atoms with Crippen LogP contribution in [0.15, 0.2) is 48.8 Å². The van der Waals surface area contributed by atoms with E-state index in [9.17, 15) is 4.79 Å². The van der Waals surface area contributed by atoms with E-state index in [0.717, 1.165) is 59.5 Å². The lowest BCUT2D eigenvalue weighted by Crippen LogP contribution is -2.21. The molecular formula is C30H40N4O4S. The number of aromatic nitrogens is 1. The Bertz CT molecular complexity index is 1150. The number of aliphatic hydroxyl groups is 1. The number of carbonyl (C=O) groups excluding carboxylic acids is 2. The molecule has 0 saturated heterocycles. The second-order valence-corrected chi connectivity index (χ2v) is 9.93. The van der Waals surface area contributed by atoms with E-state index in [2.05, 4.69) is 16.4 Å². The van der Waals surface area contributed by atoms with Gasteiger partial charge in [0.15, 0.2) is 0 Å². The molecule has 1 aromatic carbocycles. The van der Waals surface area contributed by atoms with Gasteiger partial charge in [0.1, 0.15) is 29.9 Å². The number of nitrogens with zero attached hydrogens (tertiary/aromatic N) is 2. The van der Waals surface area contributed by atoms with Crippen molar-refractivity contribution in [3.63, 3.8) is 0 Å². The minimum atomic E-state index is 0.200. The first kappa shape index (κ1) is 33.4. The van der Waals surface area contributed by atoms with E-state index in [-0.39, 0.29) is 12.5 Å². The number of nitrogens with two attached hydrogens (primary N) is 1. The minimum absolute atomic E-state index is 0.200. The van der Waals surface area contributed by atoms with Crippen molar-refractivity contribution in [2.24, 2.45) is 11.7 Å². The van der Waals surface area contributed by atoms with Crippen LogP contribution < -0.4 is 15.8 Å². The van der Waals surface area contributed by atoms with E-state index in [4.69, 9.17) is 25.6 Å². The number of nitrogens with one attached hydrogen (secondary N) is 1. The molecule has 2 unspecified atom stereocenters. The van der Waals surface area contributed by atoms with Crippen LogP contribution in [0.25, 0.3) is 0 Å². The summed E-state index contributed by atoms with van der Waals surface area (Å²) < 4.78 is 5.09. The van der Waals surface area contributed by atoms with Gasteiger partial charge in [-0.3, -0.25) is 4.98 Å². The second-order valence-electron chi connectivity index (χ2n) is 8.83. The van der Waals surface area contributed by atoms with Crippen molar-refractivity contribution in [1.29, 1.82) is 5.26 Å². The third kappa shape index (κ3) is 11.0. The number of hydrogen-bond donors (Lipinski definition) is 3.